The Morgan fingerprint density at radius 3 is 2.30 bits per heavy atom. The van der Waals surface area contributed by atoms with Crippen molar-refractivity contribution in [3.05, 3.63) is 78.4 Å². The number of nitrogens with one attached hydrogen (secondary N) is 4. The van der Waals surface area contributed by atoms with E-state index >= 15 is 0 Å². The minimum Gasteiger partial charge on any atom is -0.351 e. The van der Waals surface area contributed by atoms with Gasteiger partial charge in [-0.05, 0) is 57.6 Å². The summed E-state index contributed by atoms with van der Waals surface area (Å²) >= 11 is 0. The summed E-state index contributed by atoms with van der Waals surface area (Å²) in [6, 6.07) is 22.6. The van der Waals surface area contributed by atoms with Crippen LogP contribution in [0.3, 0.4) is 0 Å². The molecule has 3 atom stereocenters. The highest BCUT2D eigenvalue weighted by molar-refractivity contribution is 6.04. The Morgan fingerprint density at radius 2 is 1.57 bits per heavy atom. The number of carbonyl (C=O) groups is 4. The third-order valence-electron chi connectivity index (χ3n) is 6.96. The Balaban J connectivity index is 1.40. The van der Waals surface area contributed by atoms with Gasteiger partial charge in [0, 0.05) is 35.5 Å². The van der Waals surface area contributed by atoms with Crippen LogP contribution in [-0.2, 0) is 25.6 Å². The molecule has 1 unspecified atom stereocenters. The lowest BCUT2D eigenvalue weighted by Gasteiger charge is -2.24. The van der Waals surface area contributed by atoms with E-state index in [1.54, 1.807) is 6.92 Å². The molecule has 8 heteroatoms. The Bertz CT molecular complexity index is 1390. The Hall–Kier alpha value is -4.20. The molecule has 1 fully saturated rings. The summed E-state index contributed by atoms with van der Waals surface area (Å²) in [5, 5.41) is 13.5. The van der Waals surface area contributed by atoms with E-state index in [1.165, 1.54) is 0 Å². The first-order valence-electron chi connectivity index (χ1n) is 13.7. The molecule has 0 bridgehead atoms. The van der Waals surface area contributed by atoms with E-state index in [-0.39, 0.29) is 37.0 Å². The second-order valence-corrected chi connectivity index (χ2v) is 11.7. The van der Waals surface area contributed by atoms with Crippen molar-refractivity contribution in [2.24, 2.45) is 5.92 Å². The Kier molecular flexibility index (Phi) is 8.57. The van der Waals surface area contributed by atoms with Crippen LogP contribution in [0.4, 0.5) is 5.69 Å². The molecule has 4 amide bonds. The summed E-state index contributed by atoms with van der Waals surface area (Å²) in [5.74, 6) is -1.98. The number of amides is 4. The highest BCUT2D eigenvalue weighted by atomic mass is 16.2. The fourth-order valence-corrected chi connectivity index (χ4v) is 4.91. The van der Waals surface area contributed by atoms with Gasteiger partial charge in [-0.2, -0.15) is 0 Å². The third kappa shape index (κ3) is 7.25. The maximum Gasteiger partial charge on any atom is 0.246 e. The molecule has 0 aromatic heterocycles. The van der Waals surface area contributed by atoms with Crippen LogP contribution in [0.25, 0.3) is 10.8 Å². The fraction of sp³-hybridized carbons (Fsp3) is 0.375. The maximum absolute atomic E-state index is 13.5. The monoisotopic (exact) mass is 542 g/mol. The van der Waals surface area contributed by atoms with Crippen molar-refractivity contribution in [1.82, 2.24) is 16.0 Å². The first-order chi connectivity index (χ1) is 19.0. The molecule has 0 heterocycles. The van der Waals surface area contributed by atoms with Crippen molar-refractivity contribution in [1.29, 1.82) is 0 Å². The van der Waals surface area contributed by atoms with Crippen LogP contribution >= 0.6 is 0 Å². The van der Waals surface area contributed by atoms with Crippen molar-refractivity contribution in [2.45, 2.75) is 70.5 Å². The second kappa shape index (κ2) is 11.9. The largest absolute Gasteiger partial charge is 0.351 e. The smallest absolute Gasteiger partial charge is 0.246 e. The quantitative estimate of drug-likeness (QED) is 0.309. The standard InChI is InChI=1S/C32H38N4O4/c1-21(19-28(38)34-26-16-10-14-23-13-8-9-15-24(23)26)33-30(40)32(20-25(32)29(39)36-31(2,3)4)35-27(37)18-17-22-11-6-5-7-12-22/h5-16,21,25H,17-20H2,1-4H3,(H,33,40)(H,34,38)(H,35,37)(H,36,39)/t21-,25-,32?/m0/s1. The summed E-state index contributed by atoms with van der Waals surface area (Å²) in [6.45, 7) is 7.33. The predicted molar refractivity (Wildman–Crippen MR) is 156 cm³/mol. The van der Waals surface area contributed by atoms with Gasteiger partial charge in [-0.1, -0.05) is 66.7 Å². The van der Waals surface area contributed by atoms with Crippen LogP contribution in [0.2, 0.25) is 0 Å². The zero-order valence-corrected chi connectivity index (χ0v) is 23.5. The SMILES string of the molecule is C[C@@H](CC(=O)Nc1cccc2ccccc12)NC(=O)C1(NC(=O)CCc2ccccc2)C[C@H]1C(=O)NC(C)(C)C. The number of aryl methyl sites for hydroxylation is 1. The molecule has 3 aromatic carbocycles. The highest BCUT2D eigenvalue weighted by Gasteiger charge is 2.65. The van der Waals surface area contributed by atoms with Gasteiger partial charge in [-0.3, -0.25) is 19.2 Å². The normalized spacial score (nSPS) is 18.9. The lowest BCUT2D eigenvalue weighted by Crippen LogP contribution is -2.55. The summed E-state index contributed by atoms with van der Waals surface area (Å²) < 4.78 is 0. The third-order valence-corrected chi connectivity index (χ3v) is 6.96. The summed E-state index contributed by atoms with van der Waals surface area (Å²) in [5.41, 5.74) is -0.111. The first kappa shape index (κ1) is 28.8. The van der Waals surface area contributed by atoms with E-state index in [0.29, 0.717) is 12.1 Å². The molecular weight excluding hydrogens is 504 g/mol. The van der Waals surface area contributed by atoms with Gasteiger partial charge in [0.15, 0.2) is 0 Å². The van der Waals surface area contributed by atoms with Crippen LogP contribution in [0, 0.1) is 5.92 Å². The number of hydrogen-bond donors (Lipinski definition) is 4. The molecule has 0 saturated heterocycles. The molecule has 3 aromatic rings. The van der Waals surface area contributed by atoms with Crippen molar-refractivity contribution in [3.8, 4) is 0 Å². The van der Waals surface area contributed by atoms with E-state index in [0.717, 1.165) is 16.3 Å². The molecule has 1 aliphatic carbocycles. The van der Waals surface area contributed by atoms with E-state index < -0.39 is 28.9 Å². The van der Waals surface area contributed by atoms with Gasteiger partial charge in [0.2, 0.25) is 23.6 Å². The second-order valence-electron chi connectivity index (χ2n) is 11.7. The minimum atomic E-state index is -1.34. The lowest BCUT2D eigenvalue weighted by molar-refractivity contribution is -0.133. The molecule has 4 rings (SSSR count). The minimum absolute atomic E-state index is 0.0336. The van der Waals surface area contributed by atoms with Gasteiger partial charge in [-0.15, -0.1) is 0 Å². The molecule has 8 nitrogen and oxygen atoms in total. The average Bonchev–Trinajstić information content (AvgIpc) is 3.63. The summed E-state index contributed by atoms with van der Waals surface area (Å²) in [4.78, 5) is 52.2. The zero-order chi connectivity index (χ0) is 28.9. The van der Waals surface area contributed by atoms with E-state index in [2.05, 4.69) is 21.3 Å². The van der Waals surface area contributed by atoms with Crippen molar-refractivity contribution < 1.29 is 19.2 Å². The topological polar surface area (TPSA) is 116 Å². The Labute approximate surface area is 235 Å². The number of carbonyl (C=O) groups excluding carboxylic acids is 4. The molecule has 0 radical (unpaired) electrons. The zero-order valence-electron chi connectivity index (χ0n) is 23.5. The molecule has 210 valence electrons. The van der Waals surface area contributed by atoms with Gasteiger partial charge in [-0.25, -0.2) is 0 Å². The van der Waals surface area contributed by atoms with Crippen LogP contribution in [-0.4, -0.2) is 40.7 Å². The summed E-state index contributed by atoms with van der Waals surface area (Å²) in [7, 11) is 0. The number of hydrogen-bond acceptors (Lipinski definition) is 4. The predicted octanol–water partition coefficient (Wildman–Crippen LogP) is 4.10. The fourth-order valence-electron chi connectivity index (χ4n) is 4.91. The van der Waals surface area contributed by atoms with E-state index in [9.17, 15) is 19.2 Å². The van der Waals surface area contributed by atoms with Gasteiger partial charge < -0.3 is 21.3 Å². The van der Waals surface area contributed by atoms with Crippen LogP contribution in [0.1, 0.15) is 52.5 Å². The molecule has 1 aliphatic rings. The Morgan fingerprint density at radius 1 is 0.900 bits per heavy atom. The number of rotatable bonds is 10. The van der Waals surface area contributed by atoms with Gasteiger partial charge in [0.25, 0.3) is 0 Å². The summed E-state index contributed by atoms with van der Waals surface area (Å²) in [6.07, 6.45) is 0.947. The molecule has 4 N–H and O–H groups in total. The van der Waals surface area contributed by atoms with E-state index in [1.807, 2.05) is 93.6 Å². The van der Waals surface area contributed by atoms with Crippen LogP contribution < -0.4 is 21.3 Å². The van der Waals surface area contributed by atoms with Gasteiger partial charge >= 0.3 is 0 Å². The van der Waals surface area contributed by atoms with Gasteiger partial charge in [0.1, 0.15) is 5.54 Å². The van der Waals surface area contributed by atoms with Crippen LogP contribution in [0.5, 0.6) is 0 Å². The van der Waals surface area contributed by atoms with E-state index in [4.69, 9.17) is 0 Å². The average molecular weight is 543 g/mol. The molecule has 0 spiro atoms. The number of fused-ring (bicyclic) bond motifs is 1. The molecule has 40 heavy (non-hydrogen) atoms. The maximum atomic E-state index is 13.5. The molecular formula is C32H38N4O4. The van der Waals surface area contributed by atoms with Crippen molar-refractivity contribution in [3.63, 3.8) is 0 Å². The van der Waals surface area contributed by atoms with Crippen molar-refractivity contribution >= 4 is 40.1 Å². The first-order valence-corrected chi connectivity index (χ1v) is 13.7. The van der Waals surface area contributed by atoms with Crippen molar-refractivity contribution in [2.75, 3.05) is 5.32 Å². The van der Waals surface area contributed by atoms with Crippen LogP contribution in [0.15, 0.2) is 72.8 Å². The number of anilines is 1. The molecule has 0 aliphatic heterocycles. The number of benzene rings is 3. The molecule has 1 saturated carbocycles. The lowest BCUT2D eigenvalue weighted by atomic mass is 10.1. The highest BCUT2D eigenvalue weighted by Crippen LogP contribution is 2.44. The van der Waals surface area contributed by atoms with Gasteiger partial charge in [0.05, 0.1) is 5.92 Å².